The Morgan fingerprint density at radius 1 is 1.13 bits per heavy atom. The lowest BCUT2D eigenvalue weighted by Crippen LogP contribution is -2.36. The van der Waals surface area contributed by atoms with Crippen LogP contribution in [0.15, 0.2) is 30.3 Å². The minimum absolute atomic E-state index is 0.141. The molecule has 23 heavy (non-hydrogen) atoms. The summed E-state index contributed by atoms with van der Waals surface area (Å²) in [6, 6.07) is 10.2. The first-order valence-corrected chi connectivity index (χ1v) is 8.23. The summed E-state index contributed by atoms with van der Waals surface area (Å²) >= 11 is 0. The van der Waals surface area contributed by atoms with Gasteiger partial charge in [0.2, 0.25) is 0 Å². The predicted molar refractivity (Wildman–Crippen MR) is 88.8 cm³/mol. The third-order valence-corrected chi connectivity index (χ3v) is 4.91. The summed E-state index contributed by atoms with van der Waals surface area (Å²) in [5.74, 6) is -2.35. The normalized spacial score (nSPS) is 18.5. The Kier molecular flexibility index (Phi) is 4.88. The Bertz CT molecular complexity index is 538. The first-order chi connectivity index (χ1) is 10.6. The molecule has 128 valence electrons. The molecule has 0 amide bonds. The molecule has 1 atom stereocenters. The summed E-state index contributed by atoms with van der Waals surface area (Å²) in [4.78, 5) is 21.1. The number of benzene rings is 1. The van der Waals surface area contributed by atoms with Crippen LogP contribution in [0, 0.1) is 11.3 Å². The van der Waals surface area contributed by atoms with E-state index in [2.05, 4.69) is 46.8 Å². The third kappa shape index (κ3) is 4.33. The molecule has 1 aromatic carbocycles. The van der Waals surface area contributed by atoms with E-state index < -0.39 is 11.8 Å². The SMILES string of the molecule is CC(C)(C)CCC(CC1(C(=O)O)OO1)C(C)(C)c1ccccc1. The zero-order chi connectivity index (χ0) is 17.3. The van der Waals surface area contributed by atoms with Gasteiger partial charge in [-0.1, -0.05) is 65.0 Å². The van der Waals surface area contributed by atoms with Gasteiger partial charge >= 0.3 is 11.8 Å². The van der Waals surface area contributed by atoms with E-state index in [1.54, 1.807) is 0 Å². The number of hydrogen-bond donors (Lipinski definition) is 1. The van der Waals surface area contributed by atoms with Crippen molar-refractivity contribution in [1.82, 2.24) is 0 Å². The average Bonchev–Trinajstić information content (AvgIpc) is 3.24. The first kappa shape index (κ1) is 18.0. The van der Waals surface area contributed by atoms with Crippen molar-refractivity contribution in [2.45, 2.75) is 65.1 Å². The van der Waals surface area contributed by atoms with Crippen molar-refractivity contribution in [1.29, 1.82) is 0 Å². The quantitative estimate of drug-likeness (QED) is 0.592. The number of aliphatic carboxylic acids is 1. The number of hydrogen-bond acceptors (Lipinski definition) is 3. The van der Waals surface area contributed by atoms with E-state index in [9.17, 15) is 9.90 Å². The smallest absolute Gasteiger partial charge is 0.370 e. The maximum absolute atomic E-state index is 11.4. The molecule has 1 saturated heterocycles. The molecule has 0 bridgehead atoms. The molecule has 0 radical (unpaired) electrons. The molecule has 1 N–H and O–H groups in total. The molecule has 0 saturated carbocycles. The van der Waals surface area contributed by atoms with E-state index in [1.165, 1.54) is 5.56 Å². The van der Waals surface area contributed by atoms with Crippen molar-refractivity contribution >= 4 is 5.97 Å². The van der Waals surface area contributed by atoms with Crippen LogP contribution < -0.4 is 0 Å². The average molecular weight is 320 g/mol. The second kappa shape index (κ2) is 6.25. The van der Waals surface area contributed by atoms with Gasteiger partial charge in [-0.2, -0.15) is 9.78 Å². The van der Waals surface area contributed by atoms with Gasteiger partial charge in [-0.3, -0.25) is 0 Å². The van der Waals surface area contributed by atoms with Crippen molar-refractivity contribution in [2.24, 2.45) is 11.3 Å². The van der Waals surface area contributed by atoms with Crippen LogP contribution in [0.4, 0.5) is 0 Å². The van der Waals surface area contributed by atoms with Crippen molar-refractivity contribution in [2.75, 3.05) is 0 Å². The van der Waals surface area contributed by atoms with Crippen molar-refractivity contribution < 1.29 is 19.7 Å². The zero-order valence-corrected chi connectivity index (χ0v) is 14.8. The highest BCUT2D eigenvalue weighted by molar-refractivity contribution is 5.77. The summed E-state index contributed by atoms with van der Waals surface area (Å²) in [6.07, 6.45) is 2.30. The van der Waals surface area contributed by atoms with Gasteiger partial charge in [-0.25, -0.2) is 4.79 Å². The molecule has 0 aliphatic carbocycles. The van der Waals surface area contributed by atoms with E-state index in [4.69, 9.17) is 9.78 Å². The molecule has 4 nitrogen and oxygen atoms in total. The topological polar surface area (TPSA) is 62.4 Å². The summed E-state index contributed by atoms with van der Waals surface area (Å²) in [5, 5.41) is 9.37. The highest BCUT2D eigenvalue weighted by atomic mass is 17.4. The minimum atomic E-state index is -1.45. The second-order valence-electron chi connectivity index (χ2n) is 8.31. The minimum Gasteiger partial charge on any atom is -0.477 e. The first-order valence-electron chi connectivity index (χ1n) is 8.23. The van der Waals surface area contributed by atoms with Crippen molar-refractivity contribution in [3.63, 3.8) is 0 Å². The molecule has 1 aliphatic rings. The van der Waals surface area contributed by atoms with Gasteiger partial charge < -0.3 is 5.11 Å². The van der Waals surface area contributed by atoms with Gasteiger partial charge in [0.25, 0.3) is 0 Å². The molecular formula is C19H28O4. The van der Waals surface area contributed by atoms with Crippen LogP contribution in [-0.2, 0) is 20.0 Å². The van der Waals surface area contributed by atoms with Gasteiger partial charge in [-0.05, 0) is 35.2 Å². The number of carboxylic acid groups (broad SMARTS) is 1. The number of carbonyl (C=O) groups is 1. The number of rotatable bonds is 7. The van der Waals surface area contributed by atoms with Crippen LogP contribution in [0.3, 0.4) is 0 Å². The monoisotopic (exact) mass is 320 g/mol. The molecule has 0 spiro atoms. The summed E-state index contributed by atoms with van der Waals surface area (Å²) in [6.45, 7) is 11.0. The standard InChI is InChI=1S/C19H28O4/c1-17(2,3)12-11-15(13-19(16(20)21)22-23-19)18(4,5)14-9-7-6-8-10-14/h6-10,15H,11-13H2,1-5H3,(H,20,21). The fourth-order valence-electron chi connectivity index (χ4n) is 3.03. The van der Waals surface area contributed by atoms with Gasteiger partial charge in [0, 0.05) is 6.42 Å². The summed E-state index contributed by atoms with van der Waals surface area (Å²) < 4.78 is 0. The van der Waals surface area contributed by atoms with Gasteiger partial charge in [0.15, 0.2) is 0 Å². The van der Waals surface area contributed by atoms with E-state index in [-0.39, 0.29) is 16.7 Å². The largest absolute Gasteiger partial charge is 0.477 e. The van der Waals surface area contributed by atoms with E-state index >= 15 is 0 Å². The Morgan fingerprint density at radius 3 is 2.13 bits per heavy atom. The maximum atomic E-state index is 11.4. The van der Waals surface area contributed by atoms with Crippen LogP contribution >= 0.6 is 0 Å². The molecule has 1 aliphatic heterocycles. The fourth-order valence-corrected chi connectivity index (χ4v) is 3.03. The van der Waals surface area contributed by atoms with E-state index in [0.29, 0.717) is 6.42 Å². The third-order valence-electron chi connectivity index (χ3n) is 4.91. The van der Waals surface area contributed by atoms with E-state index in [1.807, 2.05) is 18.2 Å². The van der Waals surface area contributed by atoms with Crippen LogP contribution in [-0.4, -0.2) is 16.9 Å². The highest BCUT2D eigenvalue weighted by Crippen LogP contribution is 2.46. The second-order valence-corrected chi connectivity index (χ2v) is 8.31. The molecule has 1 unspecified atom stereocenters. The summed E-state index contributed by atoms with van der Waals surface area (Å²) in [7, 11) is 0. The van der Waals surface area contributed by atoms with E-state index in [0.717, 1.165) is 12.8 Å². The highest BCUT2D eigenvalue weighted by Gasteiger charge is 2.59. The Labute approximate surface area is 138 Å². The molecule has 1 fully saturated rings. The van der Waals surface area contributed by atoms with Crippen LogP contribution in [0.1, 0.15) is 59.4 Å². The molecule has 4 heteroatoms. The van der Waals surface area contributed by atoms with Gasteiger partial charge in [0.05, 0.1) is 0 Å². The van der Waals surface area contributed by atoms with Gasteiger partial charge in [-0.15, -0.1) is 0 Å². The Morgan fingerprint density at radius 2 is 1.70 bits per heavy atom. The molecule has 1 aromatic rings. The lowest BCUT2D eigenvalue weighted by molar-refractivity contribution is -0.145. The van der Waals surface area contributed by atoms with Crippen LogP contribution in [0.5, 0.6) is 0 Å². The zero-order valence-electron chi connectivity index (χ0n) is 14.8. The van der Waals surface area contributed by atoms with Crippen LogP contribution in [0.25, 0.3) is 0 Å². The molecular weight excluding hydrogens is 292 g/mol. The van der Waals surface area contributed by atoms with Crippen LogP contribution in [0.2, 0.25) is 0 Å². The number of carboxylic acids is 1. The van der Waals surface area contributed by atoms with Gasteiger partial charge in [0.1, 0.15) is 0 Å². The molecule has 2 rings (SSSR count). The fraction of sp³-hybridized carbons (Fsp3) is 0.632. The Balaban J connectivity index is 2.23. The van der Waals surface area contributed by atoms with Crippen molar-refractivity contribution in [3.05, 3.63) is 35.9 Å². The maximum Gasteiger partial charge on any atom is 0.370 e. The lowest BCUT2D eigenvalue weighted by atomic mass is 9.67. The Hall–Kier alpha value is -1.39. The lowest BCUT2D eigenvalue weighted by Gasteiger charge is -2.37. The predicted octanol–water partition coefficient (Wildman–Crippen LogP) is 4.54. The summed E-state index contributed by atoms with van der Waals surface area (Å²) in [5.41, 5.74) is 1.25. The van der Waals surface area contributed by atoms with Crippen molar-refractivity contribution in [3.8, 4) is 0 Å². The molecule has 1 heterocycles. The molecule has 0 aromatic heterocycles.